The number of methoxy groups -OCH3 is 2. The van der Waals surface area contributed by atoms with Gasteiger partial charge in [0.25, 0.3) is 0 Å². The van der Waals surface area contributed by atoms with Crippen molar-refractivity contribution in [3.8, 4) is 11.5 Å². The molecule has 0 radical (unpaired) electrons. The van der Waals surface area contributed by atoms with Crippen molar-refractivity contribution in [3.05, 3.63) is 53.9 Å². The van der Waals surface area contributed by atoms with Crippen LogP contribution in [-0.2, 0) is 4.84 Å². The average Bonchev–Trinajstić information content (AvgIpc) is 3.05. The summed E-state index contributed by atoms with van der Waals surface area (Å²) in [5.41, 5.74) is 2.95. The van der Waals surface area contributed by atoms with Crippen LogP contribution in [0.5, 0.6) is 11.5 Å². The van der Waals surface area contributed by atoms with Crippen LogP contribution in [0.1, 0.15) is 23.7 Å². The molecule has 1 aromatic carbocycles. The molecule has 0 amide bonds. The molecule has 0 N–H and O–H groups in total. The molecule has 0 spiro atoms. The summed E-state index contributed by atoms with van der Waals surface area (Å²) < 4.78 is 10.6. The third-order valence-corrected chi connectivity index (χ3v) is 3.46. The first-order valence-electron chi connectivity index (χ1n) is 6.67. The van der Waals surface area contributed by atoms with E-state index in [9.17, 15) is 0 Å². The fraction of sp³-hybridized carbons (Fsp3) is 0.250. The lowest BCUT2D eigenvalue weighted by molar-refractivity contribution is 0.0857. The molecule has 1 atom stereocenters. The standard InChI is InChI=1S/C16H16N2O3/c1-19-14-4-3-12(9-16(14)20-2)13-10-15(21-18-13)11-5-7-17-8-6-11/h3-9,15H,10H2,1-2H3. The number of ether oxygens (including phenoxy) is 2. The number of rotatable bonds is 4. The fourth-order valence-corrected chi connectivity index (χ4v) is 2.32. The van der Waals surface area contributed by atoms with Crippen molar-refractivity contribution in [3.63, 3.8) is 0 Å². The van der Waals surface area contributed by atoms with Crippen LogP contribution in [0.25, 0.3) is 0 Å². The van der Waals surface area contributed by atoms with Gasteiger partial charge in [0.05, 0.1) is 19.9 Å². The Morgan fingerprint density at radius 1 is 1.05 bits per heavy atom. The van der Waals surface area contributed by atoms with Gasteiger partial charge in [-0.1, -0.05) is 5.16 Å². The highest BCUT2D eigenvalue weighted by Gasteiger charge is 2.24. The topological polar surface area (TPSA) is 52.9 Å². The minimum absolute atomic E-state index is 0.0592. The lowest BCUT2D eigenvalue weighted by Gasteiger charge is -2.09. The molecule has 2 heterocycles. The zero-order chi connectivity index (χ0) is 14.7. The first-order valence-corrected chi connectivity index (χ1v) is 6.67. The summed E-state index contributed by atoms with van der Waals surface area (Å²) in [4.78, 5) is 9.54. The smallest absolute Gasteiger partial charge is 0.161 e. The van der Waals surface area contributed by atoms with Gasteiger partial charge in [-0.15, -0.1) is 0 Å². The second kappa shape index (κ2) is 5.83. The van der Waals surface area contributed by atoms with Gasteiger partial charge in [0.15, 0.2) is 17.6 Å². The molecular weight excluding hydrogens is 268 g/mol. The molecule has 5 nitrogen and oxygen atoms in total. The normalized spacial score (nSPS) is 17.0. The number of hydrogen-bond donors (Lipinski definition) is 0. The van der Waals surface area contributed by atoms with Gasteiger partial charge in [0.1, 0.15) is 0 Å². The highest BCUT2D eigenvalue weighted by Crippen LogP contribution is 2.32. The summed E-state index contributed by atoms with van der Waals surface area (Å²) in [7, 11) is 3.24. The zero-order valence-corrected chi connectivity index (χ0v) is 11.9. The van der Waals surface area contributed by atoms with Gasteiger partial charge in [-0.2, -0.15) is 0 Å². The molecule has 0 bridgehead atoms. The first-order chi connectivity index (χ1) is 10.3. The second-order valence-corrected chi connectivity index (χ2v) is 4.69. The van der Waals surface area contributed by atoms with E-state index >= 15 is 0 Å². The molecular formula is C16H16N2O3. The predicted molar refractivity (Wildman–Crippen MR) is 78.8 cm³/mol. The Kier molecular flexibility index (Phi) is 3.73. The molecule has 3 rings (SSSR count). The van der Waals surface area contributed by atoms with E-state index < -0.39 is 0 Å². The molecule has 0 saturated carbocycles. The van der Waals surface area contributed by atoms with Gasteiger partial charge in [-0.05, 0) is 35.9 Å². The molecule has 21 heavy (non-hydrogen) atoms. The van der Waals surface area contributed by atoms with Crippen LogP contribution in [0, 0.1) is 0 Å². The summed E-state index contributed by atoms with van der Waals surface area (Å²) >= 11 is 0. The van der Waals surface area contributed by atoms with Crippen molar-refractivity contribution >= 4 is 5.71 Å². The van der Waals surface area contributed by atoms with Crippen molar-refractivity contribution < 1.29 is 14.3 Å². The Morgan fingerprint density at radius 3 is 2.52 bits per heavy atom. The number of hydrogen-bond acceptors (Lipinski definition) is 5. The summed E-state index contributed by atoms with van der Waals surface area (Å²) in [5.74, 6) is 1.39. The van der Waals surface area contributed by atoms with Crippen molar-refractivity contribution in [2.45, 2.75) is 12.5 Å². The Balaban J connectivity index is 1.80. The molecule has 0 saturated heterocycles. The van der Waals surface area contributed by atoms with E-state index in [-0.39, 0.29) is 6.10 Å². The van der Waals surface area contributed by atoms with Gasteiger partial charge in [-0.25, -0.2) is 0 Å². The minimum atomic E-state index is -0.0592. The van der Waals surface area contributed by atoms with Crippen LogP contribution in [0.3, 0.4) is 0 Å². The van der Waals surface area contributed by atoms with Crippen molar-refractivity contribution in [2.75, 3.05) is 14.2 Å². The van der Waals surface area contributed by atoms with Gasteiger partial charge in [0.2, 0.25) is 0 Å². The van der Waals surface area contributed by atoms with Crippen LogP contribution >= 0.6 is 0 Å². The Labute approximate surface area is 123 Å². The third-order valence-electron chi connectivity index (χ3n) is 3.46. The molecule has 1 aliphatic heterocycles. The Hall–Kier alpha value is -2.56. The largest absolute Gasteiger partial charge is 0.493 e. The zero-order valence-electron chi connectivity index (χ0n) is 11.9. The monoisotopic (exact) mass is 284 g/mol. The van der Waals surface area contributed by atoms with Crippen molar-refractivity contribution in [2.24, 2.45) is 5.16 Å². The maximum Gasteiger partial charge on any atom is 0.161 e. The van der Waals surface area contributed by atoms with E-state index in [2.05, 4.69) is 10.1 Å². The maximum absolute atomic E-state index is 5.52. The second-order valence-electron chi connectivity index (χ2n) is 4.69. The van der Waals surface area contributed by atoms with Gasteiger partial charge >= 0.3 is 0 Å². The number of pyridine rings is 1. The molecule has 0 fully saturated rings. The molecule has 5 heteroatoms. The van der Waals surface area contributed by atoms with Crippen LogP contribution in [0.15, 0.2) is 47.9 Å². The highest BCUT2D eigenvalue weighted by molar-refractivity contribution is 6.01. The molecule has 108 valence electrons. The van der Waals surface area contributed by atoms with E-state index in [1.165, 1.54) is 0 Å². The summed E-state index contributed by atoms with van der Waals surface area (Å²) in [6.45, 7) is 0. The van der Waals surface area contributed by atoms with Crippen LogP contribution in [0.2, 0.25) is 0 Å². The molecule has 2 aromatic rings. The molecule has 1 unspecified atom stereocenters. The number of benzene rings is 1. The van der Waals surface area contributed by atoms with E-state index in [0.717, 1.165) is 23.3 Å². The van der Waals surface area contributed by atoms with E-state index in [1.54, 1.807) is 26.6 Å². The Morgan fingerprint density at radius 2 is 1.81 bits per heavy atom. The van der Waals surface area contributed by atoms with Crippen LogP contribution in [-0.4, -0.2) is 24.9 Å². The maximum atomic E-state index is 5.52. The predicted octanol–water partition coefficient (Wildman–Crippen LogP) is 2.96. The summed E-state index contributed by atoms with van der Waals surface area (Å²) in [5, 5.41) is 4.19. The van der Waals surface area contributed by atoms with E-state index in [1.807, 2.05) is 30.3 Å². The van der Waals surface area contributed by atoms with Gasteiger partial charge in [-0.3, -0.25) is 4.98 Å². The number of aromatic nitrogens is 1. The van der Waals surface area contributed by atoms with Crippen molar-refractivity contribution in [1.82, 2.24) is 4.98 Å². The van der Waals surface area contributed by atoms with E-state index in [4.69, 9.17) is 14.3 Å². The SMILES string of the molecule is COc1ccc(C2=NOC(c3ccncc3)C2)cc1OC. The summed E-state index contributed by atoms with van der Waals surface area (Å²) in [6, 6.07) is 9.63. The quantitative estimate of drug-likeness (QED) is 0.866. The lowest BCUT2D eigenvalue weighted by atomic mass is 10.0. The van der Waals surface area contributed by atoms with E-state index in [0.29, 0.717) is 11.5 Å². The Bertz CT molecular complexity index is 656. The highest BCUT2D eigenvalue weighted by atomic mass is 16.6. The van der Waals surface area contributed by atoms with Gasteiger partial charge in [0, 0.05) is 24.4 Å². The fourth-order valence-electron chi connectivity index (χ4n) is 2.32. The number of nitrogens with zero attached hydrogens (tertiary/aromatic N) is 2. The molecule has 1 aromatic heterocycles. The minimum Gasteiger partial charge on any atom is -0.493 e. The lowest BCUT2D eigenvalue weighted by Crippen LogP contribution is -2.02. The van der Waals surface area contributed by atoms with Crippen LogP contribution < -0.4 is 9.47 Å². The summed E-state index contributed by atoms with van der Waals surface area (Å²) in [6.07, 6.45) is 4.18. The molecule has 1 aliphatic rings. The first kappa shape index (κ1) is 13.4. The average molecular weight is 284 g/mol. The van der Waals surface area contributed by atoms with Gasteiger partial charge < -0.3 is 14.3 Å². The third kappa shape index (κ3) is 2.67. The molecule has 0 aliphatic carbocycles. The number of oxime groups is 1. The van der Waals surface area contributed by atoms with Crippen molar-refractivity contribution in [1.29, 1.82) is 0 Å². The van der Waals surface area contributed by atoms with Crippen LogP contribution in [0.4, 0.5) is 0 Å².